The standard InChI is InChI=1S/C22H38N2O2Si2/c1-22(2,3)28(7,8)25-16-17-9-10-24(14-17)15-18-11-20-19(23-13-18)12-21(26-20)27(4,5)6/h11-13,17H,9-10,14-16H2,1-8H3/t17-/m0/s1. The van der Waals surface area contributed by atoms with Crippen LogP contribution in [-0.2, 0) is 11.0 Å². The molecule has 0 radical (unpaired) electrons. The maximum absolute atomic E-state index is 6.46. The van der Waals surface area contributed by atoms with Crippen molar-refractivity contribution in [3.8, 4) is 0 Å². The van der Waals surface area contributed by atoms with E-state index in [1.54, 1.807) is 0 Å². The van der Waals surface area contributed by atoms with E-state index < -0.39 is 16.4 Å². The van der Waals surface area contributed by atoms with E-state index in [0.717, 1.165) is 42.7 Å². The van der Waals surface area contributed by atoms with Gasteiger partial charge in [0.2, 0.25) is 0 Å². The Balaban J connectivity index is 1.58. The average Bonchev–Trinajstić information content (AvgIpc) is 3.18. The Hall–Kier alpha value is -0.956. The fourth-order valence-corrected chi connectivity index (χ4v) is 5.48. The van der Waals surface area contributed by atoms with Crippen LogP contribution in [0.3, 0.4) is 0 Å². The Labute approximate surface area is 172 Å². The average molecular weight is 419 g/mol. The topological polar surface area (TPSA) is 38.5 Å². The molecular formula is C22H38N2O2Si2. The predicted molar refractivity (Wildman–Crippen MR) is 124 cm³/mol. The van der Waals surface area contributed by atoms with Crippen molar-refractivity contribution in [2.75, 3.05) is 19.7 Å². The molecule has 2 aromatic rings. The SMILES string of the molecule is CC(C)(C)[Si](C)(C)OC[C@H]1CCN(Cc2cnc3cc([Si](C)(C)C)oc3c2)C1. The van der Waals surface area contributed by atoms with E-state index in [1.807, 2.05) is 6.20 Å². The van der Waals surface area contributed by atoms with Crippen LogP contribution >= 0.6 is 0 Å². The zero-order valence-corrected chi connectivity index (χ0v) is 21.1. The molecule has 3 heterocycles. The minimum absolute atomic E-state index is 0.282. The number of aromatic nitrogens is 1. The minimum Gasteiger partial charge on any atom is -0.465 e. The summed E-state index contributed by atoms with van der Waals surface area (Å²) in [5.74, 6) is 0.646. The minimum atomic E-state index is -1.65. The molecule has 0 aromatic carbocycles. The van der Waals surface area contributed by atoms with Crippen molar-refractivity contribution >= 4 is 32.9 Å². The van der Waals surface area contributed by atoms with Gasteiger partial charge in [0, 0.05) is 32.0 Å². The monoisotopic (exact) mass is 418 g/mol. The molecule has 0 aliphatic carbocycles. The van der Waals surface area contributed by atoms with E-state index in [2.05, 4.69) is 75.5 Å². The van der Waals surface area contributed by atoms with Crippen LogP contribution in [0, 0.1) is 5.92 Å². The lowest BCUT2D eigenvalue weighted by Gasteiger charge is -2.37. The zero-order valence-electron chi connectivity index (χ0n) is 19.1. The molecule has 4 nitrogen and oxygen atoms in total. The molecule has 156 valence electrons. The first kappa shape index (κ1) is 21.7. The van der Waals surface area contributed by atoms with E-state index in [-0.39, 0.29) is 5.04 Å². The van der Waals surface area contributed by atoms with Crippen LogP contribution < -0.4 is 5.38 Å². The van der Waals surface area contributed by atoms with Gasteiger partial charge in [0.15, 0.2) is 13.9 Å². The third-order valence-corrected chi connectivity index (χ3v) is 12.7. The second kappa shape index (κ2) is 7.70. The second-order valence-electron chi connectivity index (χ2n) is 11.0. The van der Waals surface area contributed by atoms with Crippen LogP contribution in [0.25, 0.3) is 11.1 Å². The van der Waals surface area contributed by atoms with E-state index in [4.69, 9.17) is 8.84 Å². The maximum atomic E-state index is 6.46. The molecule has 2 aromatic heterocycles. The quantitative estimate of drug-likeness (QED) is 0.603. The molecule has 1 fully saturated rings. The first-order valence-electron chi connectivity index (χ1n) is 10.6. The van der Waals surface area contributed by atoms with Crippen molar-refractivity contribution in [1.82, 2.24) is 9.88 Å². The number of fused-ring (bicyclic) bond motifs is 1. The van der Waals surface area contributed by atoms with Crippen molar-refractivity contribution in [2.24, 2.45) is 5.92 Å². The summed E-state index contributed by atoms with van der Waals surface area (Å²) in [4.78, 5) is 7.19. The number of hydrogen-bond donors (Lipinski definition) is 0. The van der Waals surface area contributed by atoms with Crippen LogP contribution in [-0.4, -0.2) is 46.0 Å². The highest BCUT2D eigenvalue weighted by Crippen LogP contribution is 2.37. The van der Waals surface area contributed by atoms with Gasteiger partial charge >= 0.3 is 0 Å². The van der Waals surface area contributed by atoms with Crippen molar-refractivity contribution < 1.29 is 8.84 Å². The summed E-state index contributed by atoms with van der Waals surface area (Å²) in [7, 11) is -3.09. The Bertz CT molecular complexity index is 818. The summed E-state index contributed by atoms with van der Waals surface area (Å²) < 4.78 is 12.6. The summed E-state index contributed by atoms with van der Waals surface area (Å²) in [6.07, 6.45) is 3.25. The zero-order chi connectivity index (χ0) is 20.7. The highest BCUT2D eigenvalue weighted by atomic mass is 28.4. The van der Waals surface area contributed by atoms with Gasteiger partial charge in [-0.05, 0) is 48.6 Å². The van der Waals surface area contributed by atoms with Crippen LogP contribution in [0.5, 0.6) is 0 Å². The molecular weight excluding hydrogens is 380 g/mol. The van der Waals surface area contributed by atoms with Crippen LogP contribution in [0.4, 0.5) is 0 Å². The summed E-state index contributed by atoms with van der Waals surface area (Å²) >= 11 is 0. The van der Waals surface area contributed by atoms with Gasteiger partial charge in [-0.3, -0.25) is 9.88 Å². The van der Waals surface area contributed by atoms with Gasteiger partial charge in [0.1, 0.15) is 13.6 Å². The van der Waals surface area contributed by atoms with Gasteiger partial charge in [0.25, 0.3) is 0 Å². The second-order valence-corrected chi connectivity index (χ2v) is 20.9. The van der Waals surface area contributed by atoms with Crippen molar-refractivity contribution in [2.45, 2.75) is 71.5 Å². The van der Waals surface area contributed by atoms with Crippen molar-refractivity contribution in [3.63, 3.8) is 0 Å². The van der Waals surface area contributed by atoms with Crippen LogP contribution in [0.2, 0.25) is 37.8 Å². The predicted octanol–water partition coefficient (Wildman–Crippen LogP) is 5.22. The largest absolute Gasteiger partial charge is 0.465 e. The molecule has 1 atom stereocenters. The summed E-state index contributed by atoms with van der Waals surface area (Å²) in [6.45, 7) is 22.7. The van der Waals surface area contributed by atoms with Gasteiger partial charge in [-0.2, -0.15) is 0 Å². The number of furan rings is 1. The number of nitrogens with zero attached hydrogens (tertiary/aromatic N) is 2. The Morgan fingerprint density at radius 3 is 2.54 bits per heavy atom. The Morgan fingerprint density at radius 1 is 1.18 bits per heavy atom. The van der Waals surface area contributed by atoms with Crippen LogP contribution in [0.1, 0.15) is 32.8 Å². The van der Waals surface area contributed by atoms with Gasteiger partial charge < -0.3 is 8.84 Å². The lowest BCUT2D eigenvalue weighted by Crippen LogP contribution is -2.42. The third-order valence-electron chi connectivity index (χ3n) is 6.43. The summed E-state index contributed by atoms with van der Waals surface area (Å²) in [6, 6.07) is 4.32. The highest BCUT2D eigenvalue weighted by molar-refractivity contribution is 6.87. The number of rotatable bonds is 6. The van der Waals surface area contributed by atoms with Gasteiger partial charge in [-0.15, -0.1) is 0 Å². The van der Waals surface area contributed by atoms with Crippen LogP contribution in [0.15, 0.2) is 22.7 Å². The fourth-order valence-electron chi connectivity index (χ4n) is 3.41. The number of hydrogen-bond acceptors (Lipinski definition) is 4. The highest BCUT2D eigenvalue weighted by Gasteiger charge is 2.38. The molecule has 0 N–H and O–H groups in total. The molecule has 1 aliphatic heterocycles. The molecule has 0 spiro atoms. The first-order chi connectivity index (χ1) is 12.8. The van der Waals surface area contributed by atoms with E-state index >= 15 is 0 Å². The number of pyridine rings is 1. The smallest absolute Gasteiger partial charge is 0.191 e. The maximum Gasteiger partial charge on any atom is 0.191 e. The van der Waals surface area contributed by atoms with Gasteiger partial charge in [-0.25, -0.2) is 0 Å². The van der Waals surface area contributed by atoms with Crippen molar-refractivity contribution in [3.05, 3.63) is 23.9 Å². The van der Waals surface area contributed by atoms with E-state index in [1.165, 1.54) is 12.0 Å². The Morgan fingerprint density at radius 2 is 1.89 bits per heavy atom. The first-order valence-corrected chi connectivity index (χ1v) is 17.0. The number of likely N-dealkylation sites (tertiary alicyclic amines) is 1. The van der Waals surface area contributed by atoms with E-state index in [9.17, 15) is 0 Å². The summed E-state index contributed by atoms with van der Waals surface area (Å²) in [5, 5.41) is 1.42. The molecule has 28 heavy (non-hydrogen) atoms. The molecule has 0 saturated carbocycles. The lowest BCUT2D eigenvalue weighted by atomic mass is 10.1. The molecule has 0 amide bonds. The fraction of sp³-hybridized carbons (Fsp3) is 0.682. The molecule has 3 rings (SSSR count). The Kier molecular flexibility index (Phi) is 5.98. The molecule has 6 heteroatoms. The van der Waals surface area contributed by atoms with Gasteiger partial charge in [0.05, 0.1) is 5.38 Å². The lowest BCUT2D eigenvalue weighted by molar-refractivity contribution is 0.221. The molecule has 0 unspecified atom stereocenters. The van der Waals surface area contributed by atoms with E-state index in [0.29, 0.717) is 5.92 Å². The normalized spacial score (nSPS) is 19.6. The third kappa shape index (κ3) is 4.96. The molecule has 0 bridgehead atoms. The summed E-state index contributed by atoms with van der Waals surface area (Å²) in [5.41, 5.74) is 3.17. The van der Waals surface area contributed by atoms with Gasteiger partial charge in [-0.1, -0.05) is 40.4 Å². The molecule has 1 saturated heterocycles. The molecule has 1 aliphatic rings. The van der Waals surface area contributed by atoms with Crippen molar-refractivity contribution in [1.29, 1.82) is 0 Å².